The Balaban J connectivity index is 1.53. The van der Waals surface area contributed by atoms with Crippen LogP contribution in [0.1, 0.15) is 16.7 Å². The van der Waals surface area contributed by atoms with E-state index in [2.05, 4.69) is 16.1 Å². The molecule has 0 aromatic heterocycles. The number of nitrogens with one attached hydrogen (secondary N) is 2. The average Bonchev–Trinajstić information content (AvgIpc) is 2.68. The van der Waals surface area contributed by atoms with E-state index in [0.29, 0.717) is 17.1 Å². The Kier molecular flexibility index (Phi) is 7.18. The molecule has 0 spiro atoms. The second-order valence-electron chi connectivity index (χ2n) is 7.03. The molecule has 0 fully saturated rings. The smallest absolute Gasteiger partial charge is 0.261 e. The van der Waals surface area contributed by atoms with Gasteiger partial charge in [0.2, 0.25) is 5.91 Å². The molecule has 2 N–H and O–H groups in total. The first-order valence-corrected chi connectivity index (χ1v) is 12.1. The van der Waals surface area contributed by atoms with Gasteiger partial charge in [0, 0.05) is 17.1 Å². The van der Waals surface area contributed by atoms with Crippen molar-refractivity contribution in [3.8, 4) is 0 Å². The molecular formula is C23H24N2O3S2. The van der Waals surface area contributed by atoms with E-state index in [0.717, 1.165) is 11.3 Å². The molecule has 0 atom stereocenters. The van der Waals surface area contributed by atoms with E-state index in [1.165, 1.54) is 35.0 Å². The van der Waals surface area contributed by atoms with Crippen LogP contribution in [0.2, 0.25) is 0 Å². The van der Waals surface area contributed by atoms with E-state index in [1.807, 2.05) is 38.1 Å². The van der Waals surface area contributed by atoms with Crippen molar-refractivity contribution in [1.29, 1.82) is 0 Å². The number of sulfonamides is 1. The Morgan fingerprint density at radius 1 is 0.867 bits per heavy atom. The van der Waals surface area contributed by atoms with Gasteiger partial charge < -0.3 is 5.32 Å². The molecule has 156 valence electrons. The summed E-state index contributed by atoms with van der Waals surface area (Å²) in [5.74, 6) is 0.959. The molecule has 0 aliphatic rings. The number of aryl methyl sites for hydroxylation is 2. The third-order valence-corrected chi connectivity index (χ3v) is 6.70. The van der Waals surface area contributed by atoms with E-state index >= 15 is 0 Å². The van der Waals surface area contributed by atoms with Gasteiger partial charge in [0.05, 0.1) is 10.6 Å². The lowest BCUT2D eigenvalue weighted by Crippen LogP contribution is -2.15. The van der Waals surface area contributed by atoms with Gasteiger partial charge in [-0.1, -0.05) is 42.0 Å². The quantitative estimate of drug-likeness (QED) is 0.518. The molecule has 3 rings (SSSR count). The van der Waals surface area contributed by atoms with Crippen LogP contribution < -0.4 is 10.0 Å². The number of carbonyl (C=O) groups is 1. The Hall–Kier alpha value is -2.77. The number of hydrogen-bond acceptors (Lipinski definition) is 4. The maximum atomic E-state index is 12.5. The van der Waals surface area contributed by atoms with E-state index in [4.69, 9.17) is 0 Å². The topological polar surface area (TPSA) is 75.3 Å². The van der Waals surface area contributed by atoms with Crippen molar-refractivity contribution in [2.75, 3.05) is 15.8 Å². The van der Waals surface area contributed by atoms with Crippen LogP contribution in [0.5, 0.6) is 0 Å². The van der Waals surface area contributed by atoms with Gasteiger partial charge in [-0.15, -0.1) is 11.8 Å². The standard InChI is InChI=1S/C23H24N2O3S2/c1-17-5-3-7-19(13-17)15-29-16-23(26)24-20-9-11-22(12-10-20)30(27,28)25-21-8-4-6-18(2)14-21/h3-14,25H,15-16H2,1-2H3,(H,24,26). The van der Waals surface area contributed by atoms with Crippen molar-refractivity contribution in [3.63, 3.8) is 0 Å². The SMILES string of the molecule is Cc1cccc(CSCC(=O)Nc2ccc(S(=O)(=O)Nc3cccc(C)c3)cc2)c1. The summed E-state index contributed by atoms with van der Waals surface area (Å²) in [6.07, 6.45) is 0. The summed E-state index contributed by atoms with van der Waals surface area (Å²) in [7, 11) is -3.69. The maximum Gasteiger partial charge on any atom is 0.261 e. The summed E-state index contributed by atoms with van der Waals surface area (Å²) in [6, 6.07) is 21.5. The van der Waals surface area contributed by atoms with Crippen LogP contribution in [0.3, 0.4) is 0 Å². The van der Waals surface area contributed by atoms with Crippen molar-refractivity contribution in [3.05, 3.63) is 89.5 Å². The first-order valence-electron chi connectivity index (χ1n) is 9.44. The molecule has 0 heterocycles. The molecule has 5 nitrogen and oxygen atoms in total. The number of hydrogen-bond donors (Lipinski definition) is 2. The fourth-order valence-electron chi connectivity index (χ4n) is 2.90. The molecule has 3 aromatic rings. The van der Waals surface area contributed by atoms with Crippen molar-refractivity contribution >= 4 is 39.1 Å². The van der Waals surface area contributed by atoms with Gasteiger partial charge in [-0.05, 0) is 61.4 Å². The van der Waals surface area contributed by atoms with Gasteiger partial charge in [0.15, 0.2) is 0 Å². The summed E-state index contributed by atoms with van der Waals surface area (Å²) in [5, 5.41) is 2.80. The second kappa shape index (κ2) is 9.82. The van der Waals surface area contributed by atoms with Crippen LogP contribution in [0.15, 0.2) is 77.7 Å². The summed E-state index contributed by atoms with van der Waals surface area (Å²) < 4.78 is 27.7. The summed E-state index contributed by atoms with van der Waals surface area (Å²) >= 11 is 1.53. The molecule has 0 saturated heterocycles. The summed E-state index contributed by atoms with van der Waals surface area (Å²) in [6.45, 7) is 3.94. The predicted octanol–water partition coefficient (Wildman–Crippen LogP) is 4.98. The number of benzene rings is 3. The lowest BCUT2D eigenvalue weighted by atomic mass is 10.2. The van der Waals surface area contributed by atoms with Crippen LogP contribution in [-0.2, 0) is 20.6 Å². The molecule has 30 heavy (non-hydrogen) atoms. The molecular weight excluding hydrogens is 416 g/mol. The van der Waals surface area contributed by atoms with Gasteiger partial charge in [0.25, 0.3) is 10.0 Å². The van der Waals surface area contributed by atoms with Gasteiger partial charge in [-0.3, -0.25) is 9.52 Å². The zero-order valence-corrected chi connectivity index (χ0v) is 18.5. The average molecular weight is 441 g/mol. The first kappa shape index (κ1) is 21.9. The fourth-order valence-corrected chi connectivity index (χ4v) is 4.73. The molecule has 0 aliphatic heterocycles. The summed E-state index contributed by atoms with van der Waals surface area (Å²) in [4.78, 5) is 12.3. The molecule has 7 heteroatoms. The van der Waals surface area contributed by atoms with Crippen LogP contribution in [0, 0.1) is 13.8 Å². The fraction of sp³-hybridized carbons (Fsp3) is 0.174. The lowest BCUT2D eigenvalue weighted by molar-refractivity contribution is -0.113. The Morgan fingerprint density at radius 2 is 1.53 bits per heavy atom. The number of amides is 1. The number of carbonyl (C=O) groups excluding carboxylic acids is 1. The van der Waals surface area contributed by atoms with Crippen LogP contribution in [-0.4, -0.2) is 20.1 Å². The third-order valence-electron chi connectivity index (χ3n) is 4.30. The van der Waals surface area contributed by atoms with Gasteiger partial charge in [-0.25, -0.2) is 8.42 Å². The summed E-state index contributed by atoms with van der Waals surface area (Å²) in [5.41, 5.74) is 4.42. The highest BCUT2D eigenvalue weighted by molar-refractivity contribution is 7.99. The zero-order chi connectivity index (χ0) is 21.6. The van der Waals surface area contributed by atoms with E-state index < -0.39 is 10.0 Å². The van der Waals surface area contributed by atoms with Gasteiger partial charge in [-0.2, -0.15) is 0 Å². The molecule has 0 bridgehead atoms. The van der Waals surface area contributed by atoms with Crippen molar-refractivity contribution in [2.24, 2.45) is 0 Å². The predicted molar refractivity (Wildman–Crippen MR) is 124 cm³/mol. The minimum absolute atomic E-state index is 0.124. The minimum atomic E-state index is -3.69. The van der Waals surface area contributed by atoms with E-state index in [1.54, 1.807) is 30.3 Å². The van der Waals surface area contributed by atoms with Crippen molar-refractivity contribution in [1.82, 2.24) is 0 Å². The second-order valence-corrected chi connectivity index (χ2v) is 9.70. The highest BCUT2D eigenvalue weighted by Gasteiger charge is 2.14. The first-order chi connectivity index (χ1) is 14.3. The maximum absolute atomic E-state index is 12.5. The monoisotopic (exact) mass is 440 g/mol. The van der Waals surface area contributed by atoms with Crippen molar-refractivity contribution < 1.29 is 13.2 Å². The highest BCUT2D eigenvalue weighted by Crippen LogP contribution is 2.19. The lowest BCUT2D eigenvalue weighted by Gasteiger charge is -2.10. The Labute approximate surface area is 182 Å². The van der Waals surface area contributed by atoms with E-state index in [9.17, 15) is 13.2 Å². The molecule has 3 aromatic carbocycles. The number of rotatable bonds is 8. The van der Waals surface area contributed by atoms with Crippen molar-refractivity contribution in [2.45, 2.75) is 24.5 Å². The van der Waals surface area contributed by atoms with Crippen LogP contribution in [0.25, 0.3) is 0 Å². The third kappa shape index (κ3) is 6.37. The Morgan fingerprint density at radius 3 is 2.20 bits per heavy atom. The number of anilines is 2. The molecule has 0 saturated carbocycles. The van der Waals surface area contributed by atoms with Gasteiger partial charge in [0.1, 0.15) is 0 Å². The van der Waals surface area contributed by atoms with Gasteiger partial charge >= 0.3 is 0 Å². The largest absolute Gasteiger partial charge is 0.325 e. The molecule has 1 amide bonds. The molecule has 0 aliphatic carbocycles. The van der Waals surface area contributed by atoms with E-state index in [-0.39, 0.29) is 10.8 Å². The normalized spacial score (nSPS) is 11.1. The minimum Gasteiger partial charge on any atom is -0.325 e. The van der Waals surface area contributed by atoms with Crippen LogP contribution in [0.4, 0.5) is 11.4 Å². The Bertz CT molecular complexity index is 1130. The van der Waals surface area contributed by atoms with Crippen LogP contribution >= 0.6 is 11.8 Å². The zero-order valence-electron chi connectivity index (χ0n) is 16.9. The number of thioether (sulfide) groups is 1. The highest BCUT2D eigenvalue weighted by atomic mass is 32.2. The molecule has 0 radical (unpaired) electrons. The molecule has 0 unspecified atom stereocenters.